The van der Waals surface area contributed by atoms with Crippen LogP contribution in [0.4, 0.5) is 0 Å². The van der Waals surface area contributed by atoms with E-state index in [1.165, 1.54) is 0 Å². The highest BCUT2D eigenvalue weighted by Crippen LogP contribution is 2.28. The number of rotatable bonds is 3. The molecule has 1 rings (SSSR count). The van der Waals surface area contributed by atoms with Crippen LogP contribution in [0, 0.1) is 0 Å². The molecular weight excluding hydrogens is 246 g/mol. The van der Waals surface area contributed by atoms with Gasteiger partial charge in [0.2, 0.25) is 0 Å². The number of benzene rings is 1. The van der Waals surface area contributed by atoms with Gasteiger partial charge in [0.05, 0.1) is 11.6 Å². The Bertz CT molecular complexity index is 315. The summed E-state index contributed by atoms with van der Waals surface area (Å²) in [5, 5.41) is 9.75. The lowest BCUT2D eigenvalue weighted by atomic mass is 10.2. The third kappa shape index (κ3) is 2.47. The van der Waals surface area contributed by atoms with E-state index in [0.717, 1.165) is 15.8 Å². The van der Waals surface area contributed by atoms with E-state index in [1.54, 1.807) is 12.0 Å². The van der Waals surface area contributed by atoms with E-state index >= 15 is 0 Å². The lowest BCUT2D eigenvalue weighted by Gasteiger charge is -2.19. The number of aliphatic hydroxyl groups excluding tert-OH is 1. The molecule has 4 heteroatoms. The van der Waals surface area contributed by atoms with Crippen LogP contribution in [0.15, 0.2) is 22.7 Å². The van der Waals surface area contributed by atoms with Crippen molar-refractivity contribution >= 4 is 15.9 Å². The molecule has 0 saturated carbocycles. The quantitative estimate of drug-likeness (QED) is 0.844. The highest BCUT2D eigenvalue weighted by Gasteiger charge is 2.11. The van der Waals surface area contributed by atoms with Crippen LogP contribution in [0.3, 0.4) is 0 Å². The number of aliphatic hydroxyl groups is 1. The van der Waals surface area contributed by atoms with Crippen LogP contribution in [-0.4, -0.2) is 31.2 Å². The van der Waals surface area contributed by atoms with Crippen molar-refractivity contribution in [3.63, 3.8) is 0 Å². The monoisotopic (exact) mass is 259 g/mol. The molecule has 0 amide bonds. The second-order valence-electron chi connectivity index (χ2n) is 3.23. The van der Waals surface area contributed by atoms with Gasteiger partial charge >= 0.3 is 0 Å². The normalized spacial score (nSPS) is 13.0. The van der Waals surface area contributed by atoms with Crippen LogP contribution >= 0.6 is 15.9 Å². The summed E-state index contributed by atoms with van der Waals surface area (Å²) in [4.78, 5) is 1.73. The molecule has 0 aliphatic heterocycles. The summed E-state index contributed by atoms with van der Waals surface area (Å²) in [5.41, 5.74) is 0.836. The summed E-state index contributed by atoms with van der Waals surface area (Å²) in [7, 11) is 5.26. The average Bonchev–Trinajstić information content (AvgIpc) is 2.16. The lowest BCUT2D eigenvalue weighted by molar-refractivity contribution is 0.0394. The van der Waals surface area contributed by atoms with Gasteiger partial charge in [0.1, 0.15) is 12.0 Å². The molecule has 1 N–H and O–H groups in total. The largest absolute Gasteiger partial charge is 0.496 e. The molecule has 78 valence electrons. The highest BCUT2D eigenvalue weighted by molar-refractivity contribution is 9.10. The zero-order chi connectivity index (χ0) is 10.7. The van der Waals surface area contributed by atoms with Crippen molar-refractivity contribution in [3.05, 3.63) is 28.2 Å². The van der Waals surface area contributed by atoms with Crippen molar-refractivity contribution in [1.29, 1.82) is 0 Å². The van der Waals surface area contributed by atoms with Crippen LogP contribution in [0.25, 0.3) is 0 Å². The maximum absolute atomic E-state index is 9.75. The van der Waals surface area contributed by atoms with Crippen LogP contribution < -0.4 is 4.74 Å². The van der Waals surface area contributed by atoms with Crippen molar-refractivity contribution < 1.29 is 9.84 Å². The van der Waals surface area contributed by atoms with Gasteiger partial charge in [-0.1, -0.05) is 6.07 Å². The molecule has 14 heavy (non-hydrogen) atoms. The first-order valence-electron chi connectivity index (χ1n) is 4.24. The van der Waals surface area contributed by atoms with Crippen LogP contribution in [0.2, 0.25) is 0 Å². The fourth-order valence-electron chi connectivity index (χ4n) is 1.14. The maximum Gasteiger partial charge on any atom is 0.133 e. The maximum atomic E-state index is 9.75. The highest BCUT2D eigenvalue weighted by atomic mass is 79.9. The van der Waals surface area contributed by atoms with E-state index in [2.05, 4.69) is 15.9 Å². The summed E-state index contributed by atoms with van der Waals surface area (Å²) in [6, 6.07) is 5.52. The minimum absolute atomic E-state index is 0.586. The second-order valence-corrected chi connectivity index (χ2v) is 4.09. The van der Waals surface area contributed by atoms with Crippen LogP contribution in [0.5, 0.6) is 5.75 Å². The first-order chi connectivity index (χ1) is 6.56. The molecule has 0 heterocycles. The molecule has 3 nitrogen and oxygen atoms in total. The molecule has 0 aliphatic carbocycles. The van der Waals surface area contributed by atoms with Gasteiger partial charge in [-0.3, -0.25) is 4.90 Å². The van der Waals surface area contributed by atoms with Gasteiger partial charge in [0, 0.05) is 0 Å². The zero-order valence-electron chi connectivity index (χ0n) is 8.49. The Morgan fingerprint density at radius 3 is 2.50 bits per heavy atom. The van der Waals surface area contributed by atoms with Crippen molar-refractivity contribution in [2.45, 2.75) is 6.23 Å². The van der Waals surface area contributed by atoms with Crippen molar-refractivity contribution in [2.24, 2.45) is 0 Å². The third-order valence-electron chi connectivity index (χ3n) is 1.96. The summed E-state index contributed by atoms with van der Waals surface area (Å²) in [6.45, 7) is 0. The third-order valence-corrected chi connectivity index (χ3v) is 2.58. The second kappa shape index (κ2) is 4.77. The minimum Gasteiger partial charge on any atom is -0.496 e. The van der Waals surface area contributed by atoms with Gasteiger partial charge in [-0.25, -0.2) is 0 Å². The molecule has 0 aliphatic rings. The molecular formula is C10H14BrNO2. The first kappa shape index (κ1) is 11.5. The molecule has 1 aromatic carbocycles. The summed E-state index contributed by atoms with van der Waals surface area (Å²) in [6.07, 6.45) is -0.586. The first-order valence-corrected chi connectivity index (χ1v) is 5.03. The van der Waals surface area contributed by atoms with E-state index in [1.807, 2.05) is 32.3 Å². The molecule has 0 fully saturated rings. The Hall–Kier alpha value is -0.580. The molecule has 1 atom stereocenters. The van der Waals surface area contributed by atoms with Crippen molar-refractivity contribution in [1.82, 2.24) is 4.90 Å². The summed E-state index contributed by atoms with van der Waals surface area (Å²) in [5.74, 6) is 0.764. The predicted octanol–water partition coefficient (Wildman–Crippen LogP) is 2.01. The fraction of sp³-hybridized carbons (Fsp3) is 0.400. The van der Waals surface area contributed by atoms with E-state index in [0.29, 0.717) is 0 Å². The fourth-order valence-corrected chi connectivity index (χ4v) is 1.70. The van der Waals surface area contributed by atoms with E-state index in [-0.39, 0.29) is 0 Å². The summed E-state index contributed by atoms with van der Waals surface area (Å²) < 4.78 is 5.94. The van der Waals surface area contributed by atoms with E-state index in [9.17, 15) is 5.11 Å². The minimum atomic E-state index is -0.586. The van der Waals surface area contributed by atoms with Gasteiger partial charge in [-0.2, -0.15) is 0 Å². The Kier molecular flexibility index (Phi) is 3.92. The van der Waals surface area contributed by atoms with Gasteiger partial charge in [-0.05, 0) is 47.7 Å². The molecule has 0 saturated heterocycles. The number of methoxy groups -OCH3 is 1. The predicted molar refractivity (Wildman–Crippen MR) is 59.3 cm³/mol. The topological polar surface area (TPSA) is 32.7 Å². The smallest absolute Gasteiger partial charge is 0.133 e. The molecule has 0 bridgehead atoms. The molecule has 0 spiro atoms. The van der Waals surface area contributed by atoms with Crippen LogP contribution in [-0.2, 0) is 0 Å². The van der Waals surface area contributed by atoms with Gasteiger partial charge in [0.25, 0.3) is 0 Å². The van der Waals surface area contributed by atoms with E-state index in [4.69, 9.17) is 4.74 Å². The Morgan fingerprint density at radius 1 is 1.43 bits per heavy atom. The van der Waals surface area contributed by atoms with Gasteiger partial charge in [0.15, 0.2) is 0 Å². The lowest BCUT2D eigenvalue weighted by Crippen LogP contribution is -2.19. The number of nitrogens with zero attached hydrogens (tertiary/aromatic N) is 1. The van der Waals surface area contributed by atoms with Crippen molar-refractivity contribution in [3.8, 4) is 5.75 Å². The Morgan fingerprint density at radius 2 is 2.07 bits per heavy atom. The van der Waals surface area contributed by atoms with Crippen molar-refractivity contribution in [2.75, 3.05) is 21.2 Å². The summed E-state index contributed by atoms with van der Waals surface area (Å²) >= 11 is 3.37. The SMILES string of the molecule is COc1ccc(C(O)N(C)C)cc1Br. The zero-order valence-corrected chi connectivity index (χ0v) is 10.1. The molecule has 0 aromatic heterocycles. The number of hydrogen-bond donors (Lipinski definition) is 1. The molecule has 1 aromatic rings. The van der Waals surface area contributed by atoms with Crippen LogP contribution in [0.1, 0.15) is 11.8 Å². The van der Waals surface area contributed by atoms with Gasteiger partial charge in [-0.15, -0.1) is 0 Å². The number of halogens is 1. The Labute approximate surface area is 92.4 Å². The molecule has 0 radical (unpaired) electrons. The molecule has 1 unspecified atom stereocenters. The standard InChI is InChI=1S/C10H14BrNO2/c1-12(2)10(13)7-4-5-9(14-3)8(11)6-7/h4-6,10,13H,1-3H3. The average molecular weight is 260 g/mol. The van der Waals surface area contributed by atoms with Gasteiger partial charge < -0.3 is 9.84 Å². The van der Waals surface area contributed by atoms with E-state index < -0.39 is 6.23 Å². The number of ether oxygens (including phenoxy) is 1. The number of hydrogen-bond acceptors (Lipinski definition) is 3. The Balaban J connectivity index is 2.96.